The van der Waals surface area contributed by atoms with Crippen molar-refractivity contribution in [2.24, 2.45) is 0 Å². The number of ether oxygens (including phenoxy) is 1. The van der Waals surface area contributed by atoms with E-state index in [1.165, 1.54) is 12.1 Å². The van der Waals surface area contributed by atoms with Crippen LogP contribution in [0.4, 0.5) is 23.2 Å². The summed E-state index contributed by atoms with van der Waals surface area (Å²) in [6.45, 7) is -0.591. The van der Waals surface area contributed by atoms with Crippen molar-refractivity contribution in [2.75, 3.05) is 4.72 Å². The maximum Gasteiger partial charge on any atom is 0.417 e. The molecule has 2 aromatic carbocycles. The highest BCUT2D eigenvalue weighted by molar-refractivity contribution is 7.92. The van der Waals surface area contributed by atoms with Crippen LogP contribution in [0.1, 0.15) is 11.1 Å². The smallest absolute Gasteiger partial charge is 0.417 e. The van der Waals surface area contributed by atoms with E-state index in [9.17, 15) is 31.1 Å². The van der Waals surface area contributed by atoms with Crippen LogP contribution >= 0.6 is 23.2 Å². The lowest BCUT2D eigenvalue weighted by atomic mass is 10.2. The average molecular weight is 511 g/mol. The summed E-state index contributed by atoms with van der Waals surface area (Å²) in [5.74, 6) is -1.74. The third-order valence-electron chi connectivity index (χ3n) is 4.03. The molecule has 1 aromatic heterocycles. The Morgan fingerprint density at radius 3 is 2.50 bits per heavy atom. The van der Waals surface area contributed by atoms with E-state index >= 15 is 0 Å². The van der Waals surface area contributed by atoms with Crippen molar-refractivity contribution >= 4 is 38.9 Å². The van der Waals surface area contributed by atoms with E-state index in [0.717, 1.165) is 30.5 Å². The molecule has 6 nitrogen and oxygen atoms in total. The standard InChI is InChI=1S/C19H12Cl2F4N2O4S/c20-11-6-16(18(26-8-11)31-17-10(9-28)2-1-3-15(17)22)27-32(29,30)12-4-5-14(21)13(7-12)19(23,24)25/h1-8,27-28H,9H2. The molecule has 0 saturated carbocycles. The Hall–Kier alpha value is -2.60. The number of hydrogen-bond donors (Lipinski definition) is 2. The maximum absolute atomic E-state index is 14.2. The Morgan fingerprint density at radius 1 is 1.12 bits per heavy atom. The van der Waals surface area contributed by atoms with Gasteiger partial charge in [0.2, 0.25) is 5.88 Å². The van der Waals surface area contributed by atoms with Crippen LogP contribution in [0, 0.1) is 5.82 Å². The van der Waals surface area contributed by atoms with Gasteiger partial charge in [-0.3, -0.25) is 4.72 Å². The Bertz CT molecular complexity index is 1270. The van der Waals surface area contributed by atoms with Gasteiger partial charge in [0.25, 0.3) is 10.0 Å². The van der Waals surface area contributed by atoms with Crippen LogP contribution in [-0.2, 0) is 22.8 Å². The van der Waals surface area contributed by atoms with Gasteiger partial charge < -0.3 is 9.84 Å². The molecule has 2 N–H and O–H groups in total. The summed E-state index contributed by atoms with van der Waals surface area (Å²) < 4.78 is 86.4. The number of nitrogens with zero attached hydrogens (tertiary/aromatic N) is 1. The lowest BCUT2D eigenvalue weighted by Crippen LogP contribution is -2.16. The van der Waals surface area contributed by atoms with Crippen molar-refractivity contribution in [2.45, 2.75) is 17.7 Å². The molecule has 0 amide bonds. The van der Waals surface area contributed by atoms with Gasteiger partial charge >= 0.3 is 6.18 Å². The second-order valence-electron chi connectivity index (χ2n) is 6.24. The van der Waals surface area contributed by atoms with Crippen LogP contribution in [0.3, 0.4) is 0 Å². The number of anilines is 1. The number of hydrogen-bond acceptors (Lipinski definition) is 5. The number of aromatic nitrogens is 1. The number of rotatable bonds is 6. The molecule has 0 unspecified atom stereocenters. The quantitative estimate of drug-likeness (QED) is 0.419. The van der Waals surface area contributed by atoms with Crippen LogP contribution < -0.4 is 9.46 Å². The zero-order chi connectivity index (χ0) is 23.7. The first-order valence-corrected chi connectivity index (χ1v) is 10.8. The van der Waals surface area contributed by atoms with Crippen LogP contribution in [0.25, 0.3) is 0 Å². The van der Waals surface area contributed by atoms with E-state index in [-0.39, 0.29) is 16.3 Å². The molecule has 0 atom stereocenters. The lowest BCUT2D eigenvalue weighted by molar-refractivity contribution is -0.137. The maximum atomic E-state index is 14.2. The predicted molar refractivity (Wildman–Crippen MR) is 109 cm³/mol. The number of halogens is 6. The number of nitrogens with one attached hydrogen (secondary N) is 1. The Labute approximate surface area is 189 Å². The third kappa shape index (κ3) is 5.23. The second-order valence-corrected chi connectivity index (χ2v) is 8.77. The van der Waals surface area contributed by atoms with Crippen molar-refractivity contribution < 1.29 is 35.8 Å². The molecule has 32 heavy (non-hydrogen) atoms. The molecule has 13 heteroatoms. The minimum Gasteiger partial charge on any atom is -0.434 e. The van der Waals surface area contributed by atoms with Gasteiger partial charge in [0, 0.05) is 11.8 Å². The fourth-order valence-corrected chi connectivity index (χ4v) is 4.02. The summed E-state index contributed by atoms with van der Waals surface area (Å²) in [6, 6.07) is 6.83. The summed E-state index contributed by atoms with van der Waals surface area (Å²) in [5, 5.41) is 8.66. The topological polar surface area (TPSA) is 88.5 Å². The van der Waals surface area contributed by atoms with Crippen molar-refractivity contribution in [3.05, 3.63) is 75.7 Å². The first-order valence-electron chi connectivity index (χ1n) is 8.53. The molecule has 0 fully saturated rings. The molecule has 0 aliphatic rings. The van der Waals surface area contributed by atoms with Gasteiger partial charge in [-0.2, -0.15) is 13.2 Å². The summed E-state index contributed by atoms with van der Waals surface area (Å²) in [4.78, 5) is 3.06. The zero-order valence-electron chi connectivity index (χ0n) is 15.6. The highest BCUT2D eigenvalue weighted by atomic mass is 35.5. The van der Waals surface area contributed by atoms with E-state index < -0.39 is 55.7 Å². The number of benzene rings is 2. The summed E-state index contributed by atoms with van der Waals surface area (Å²) in [5.41, 5.74) is -1.68. The number of para-hydroxylation sites is 1. The van der Waals surface area contributed by atoms with Crippen molar-refractivity contribution in [3.8, 4) is 11.6 Å². The zero-order valence-corrected chi connectivity index (χ0v) is 17.9. The van der Waals surface area contributed by atoms with Gasteiger partial charge in [-0.25, -0.2) is 17.8 Å². The number of aliphatic hydroxyl groups excluding tert-OH is 1. The molecule has 0 bridgehead atoms. The van der Waals surface area contributed by atoms with E-state index in [1.807, 2.05) is 4.72 Å². The molecule has 0 spiro atoms. The van der Waals surface area contributed by atoms with Crippen LogP contribution in [0.5, 0.6) is 11.6 Å². The van der Waals surface area contributed by atoms with Crippen molar-refractivity contribution in [1.29, 1.82) is 0 Å². The second kappa shape index (κ2) is 9.10. The molecule has 1 heterocycles. The van der Waals surface area contributed by atoms with E-state index in [4.69, 9.17) is 27.9 Å². The van der Waals surface area contributed by atoms with Crippen LogP contribution in [0.15, 0.2) is 53.6 Å². The first kappa shape index (κ1) is 24.1. The number of sulfonamides is 1. The molecule has 0 radical (unpaired) electrons. The molecular formula is C19H12Cl2F4N2O4S. The minimum absolute atomic E-state index is 0.0435. The summed E-state index contributed by atoms with van der Waals surface area (Å²) >= 11 is 11.4. The predicted octanol–water partition coefficient (Wildman–Crippen LogP) is 5.63. The Balaban J connectivity index is 2.03. The van der Waals surface area contributed by atoms with Crippen molar-refractivity contribution in [1.82, 2.24) is 4.98 Å². The largest absolute Gasteiger partial charge is 0.434 e. The van der Waals surface area contributed by atoms with Gasteiger partial charge in [-0.1, -0.05) is 35.3 Å². The fourth-order valence-electron chi connectivity index (χ4n) is 2.56. The molecule has 3 aromatic rings. The summed E-state index contributed by atoms with van der Waals surface area (Å²) in [7, 11) is -4.60. The number of alkyl halides is 3. The minimum atomic E-state index is -4.89. The Morgan fingerprint density at radius 2 is 1.84 bits per heavy atom. The van der Waals surface area contributed by atoms with Gasteiger partial charge in [-0.15, -0.1) is 0 Å². The first-order chi connectivity index (χ1) is 14.9. The SMILES string of the molecule is O=S(=O)(Nc1cc(Cl)cnc1Oc1c(F)cccc1CO)c1ccc(Cl)c(C(F)(F)F)c1. The van der Waals surface area contributed by atoms with Gasteiger partial charge in [0.1, 0.15) is 5.69 Å². The molecule has 0 aliphatic heterocycles. The van der Waals surface area contributed by atoms with E-state index in [2.05, 4.69) is 4.98 Å². The van der Waals surface area contributed by atoms with E-state index in [1.54, 1.807) is 0 Å². The number of aliphatic hydroxyl groups is 1. The number of pyridine rings is 1. The third-order valence-corrected chi connectivity index (χ3v) is 5.93. The highest BCUT2D eigenvalue weighted by Gasteiger charge is 2.34. The normalized spacial score (nSPS) is 12.0. The molecular weight excluding hydrogens is 499 g/mol. The lowest BCUT2D eigenvalue weighted by Gasteiger charge is -2.16. The monoisotopic (exact) mass is 510 g/mol. The van der Waals surface area contributed by atoms with Crippen LogP contribution in [0.2, 0.25) is 10.0 Å². The van der Waals surface area contributed by atoms with Gasteiger partial charge in [-0.05, 0) is 30.3 Å². The van der Waals surface area contributed by atoms with Gasteiger partial charge in [0.15, 0.2) is 11.6 Å². The molecule has 170 valence electrons. The summed E-state index contributed by atoms with van der Waals surface area (Å²) in [6.07, 6.45) is -3.81. The van der Waals surface area contributed by atoms with Crippen molar-refractivity contribution in [3.63, 3.8) is 0 Å². The molecule has 0 saturated heterocycles. The molecule has 0 aliphatic carbocycles. The highest BCUT2D eigenvalue weighted by Crippen LogP contribution is 2.37. The molecule has 3 rings (SSSR count). The van der Waals surface area contributed by atoms with Gasteiger partial charge in [0.05, 0.1) is 27.1 Å². The van der Waals surface area contributed by atoms with E-state index in [0.29, 0.717) is 6.07 Å². The average Bonchev–Trinajstić information content (AvgIpc) is 2.70. The Kier molecular flexibility index (Phi) is 6.84. The fraction of sp³-hybridized carbons (Fsp3) is 0.105. The van der Waals surface area contributed by atoms with Crippen LogP contribution in [-0.4, -0.2) is 18.5 Å².